The Hall–Kier alpha value is -4.94. The number of allylic oxidation sites excluding steroid dienone is 1. The Kier molecular flexibility index (Phi) is 7.70. The number of esters is 2. The molecule has 0 bridgehead atoms. The Morgan fingerprint density at radius 3 is 2.21 bits per heavy atom. The minimum atomic E-state index is -5.20. The lowest BCUT2D eigenvalue weighted by Crippen LogP contribution is -2.41. The molecule has 15 heteroatoms. The van der Waals surface area contributed by atoms with Gasteiger partial charge in [-0.15, -0.1) is 0 Å². The second kappa shape index (κ2) is 10.6. The van der Waals surface area contributed by atoms with Gasteiger partial charge in [-0.25, -0.2) is 9.59 Å². The van der Waals surface area contributed by atoms with Crippen LogP contribution in [-0.4, -0.2) is 51.2 Å². The SMILES string of the molecule is COC(=O)C1=C(C(=O)OC)N(c2cc(S(=O)(=O)O)c([N+](=O)[O-])cc2OC)C(N)=C(C#N)C1c1ccccc1. The first-order valence-electron chi connectivity index (χ1n) is 10.4. The molecule has 14 nitrogen and oxygen atoms in total. The molecule has 198 valence electrons. The van der Waals surface area contributed by atoms with Gasteiger partial charge in [0.2, 0.25) is 0 Å². The van der Waals surface area contributed by atoms with Gasteiger partial charge in [0.15, 0.2) is 4.90 Å². The lowest BCUT2D eigenvalue weighted by Gasteiger charge is -2.36. The van der Waals surface area contributed by atoms with Crippen LogP contribution in [0.5, 0.6) is 5.75 Å². The summed E-state index contributed by atoms with van der Waals surface area (Å²) in [5.41, 5.74) is 4.00. The smallest absolute Gasteiger partial charge is 0.355 e. The predicted octanol–water partition coefficient (Wildman–Crippen LogP) is 1.75. The molecule has 3 rings (SSSR count). The molecular formula is C23H20N4O10S. The summed E-state index contributed by atoms with van der Waals surface area (Å²) < 4.78 is 48.8. The van der Waals surface area contributed by atoms with Gasteiger partial charge in [-0.05, 0) is 11.6 Å². The van der Waals surface area contributed by atoms with Crippen LogP contribution in [0.1, 0.15) is 11.5 Å². The molecule has 38 heavy (non-hydrogen) atoms. The number of hydrogen-bond acceptors (Lipinski definition) is 12. The number of carbonyl (C=O) groups is 2. The maximum absolute atomic E-state index is 13.1. The van der Waals surface area contributed by atoms with Crippen molar-refractivity contribution in [3.63, 3.8) is 0 Å². The number of hydrogen-bond donors (Lipinski definition) is 2. The van der Waals surface area contributed by atoms with Crippen LogP contribution in [0.25, 0.3) is 0 Å². The van der Waals surface area contributed by atoms with Gasteiger partial charge in [0.25, 0.3) is 5.69 Å². The van der Waals surface area contributed by atoms with Crippen molar-refractivity contribution >= 4 is 33.4 Å². The van der Waals surface area contributed by atoms with E-state index in [-0.39, 0.29) is 5.57 Å². The first kappa shape index (κ1) is 27.6. The van der Waals surface area contributed by atoms with Crippen molar-refractivity contribution in [1.82, 2.24) is 0 Å². The normalized spacial score (nSPS) is 15.6. The Bertz CT molecular complexity index is 1540. The van der Waals surface area contributed by atoms with Crippen molar-refractivity contribution in [2.75, 3.05) is 26.2 Å². The van der Waals surface area contributed by atoms with E-state index in [0.29, 0.717) is 17.7 Å². The van der Waals surface area contributed by atoms with Crippen LogP contribution in [0.4, 0.5) is 11.4 Å². The molecule has 3 N–H and O–H groups in total. The lowest BCUT2D eigenvalue weighted by molar-refractivity contribution is -0.387. The van der Waals surface area contributed by atoms with Crippen LogP contribution >= 0.6 is 0 Å². The number of anilines is 1. The van der Waals surface area contributed by atoms with E-state index in [4.69, 9.17) is 19.9 Å². The van der Waals surface area contributed by atoms with Crippen molar-refractivity contribution in [1.29, 1.82) is 5.26 Å². The van der Waals surface area contributed by atoms with Crippen LogP contribution in [0.3, 0.4) is 0 Å². The number of nitro groups is 1. The Labute approximate surface area is 216 Å². The maximum Gasteiger partial charge on any atom is 0.355 e. The molecule has 0 radical (unpaired) electrons. The highest BCUT2D eigenvalue weighted by atomic mass is 32.2. The highest BCUT2D eigenvalue weighted by molar-refractivity contribution is 7.86. The number of ether oxygens (including phenoxy) is 3. The zero-order valence-corrected chi connectivity index (χ0v) is 20.9. The van der Waals surface area contributed by atoms with E-state index in [1.807, 2.05) is 6.07 Å². The van der Waals surface area contributed by atoms with Gasteiger partial charge in [0, 0.05) is 0 Å². The van der Waals surface area contributed by atoms with E-state index in [2.05, 4.69) is 0 Å². The van der Waals surface area contributed by atoms with E-state index in [1.165, 1.54) is 0 Å². The van der Waals surface area contributed by atoms with Crippen molar-refractivity contribution in [2.45, 2.75) is 10.8 Å². The Morgan fingerprint density at radius 2 is 1.74 bits per heavy atom. The van der Waals surface area contributed by atoms with Gasteiger partial charge in [0.05, 0.1) is 61.1 Å². The molecule has 1 unspecified atom stereocenters. The highest BCUT2D eigenvalue weighted by Gasteiger charge is 2.44. The van der Waals surface area contributed by atoms with Crippen molar-refractivity contribution in [3.05, 3.63) is 80.8 Å². The molecule has 1 aliphatic heterocycles. The van der Waals surface area contributed by atoms with Crippen molar-refractivity contribution in [3.8, 4) is 11.8 Å². The summed E-state index contributed by atoms with van der Waals surface area (Å²) in [5, 5.41) is 21.6. The average Bonchev–Trinajstić information content (AvgIpc) is 2.90. The summed E-state index contributed by atoms with van der Waals surface area (Å²) in [6.07, 6.45) is 0. The molecule has 2 aromatic rings. The molecule has 0 saturated heterocycles. The fourth-order valence-corrected chi connectivity index (χ4v) is 4.65. The summed E-state index contributed by atoms with van der Waals surface area (Å²) in [7, 11) is -2.09. The number of methoxy groups -OCH3 is 3. The summed E-state index contributed by atoms with van der Waals surface area (Å²) in [6.45, 7) is 0. The van der Waals surface area contributed by atoms with E-state index in [9.17, 15) is 37.9 Å². The summed E-state index contributed by atoms with van der Waals surface area (Å²) in [4.78, 5) is 36.3. The Balaban J connectivity index is 2.56. The molecule has 0 amide bonds. The zero-order chi connectivity index (χ0) is 28.4. The third kappa shape index (κ3) is 4.73. The van der Waals surface area contributed by atoms with Crippen LogP contribution in [0, 0.1) is 21.4 Å². The molecule has 0 saturated carbocycles. The molecule has 1 heterocycles. The molecule has 1 atom stereocenters. The number of nitrogens with two attached hydrogens (primary N) is 1. The van der Waals surface area contributed by atoms with Gasteiger partial charge in [-0.3, -0.25) is 19.6 Å². The van der Waals surface area contributed by atoms with Gasteiger partial charge in [-0.1, -0.05) is 30.3 Å². The van der Waals surface area contributed by atoms with E-state index >= 15 is 0 Å². The Morgan fingerprint density at radius 1 is 1.13 bits per heavy atom. The summed E-state index contributed by atoms with van der Waals surface area (Å²) in [5.74, 6) is -4.28. The van der Waals surface area contributed by atoms with Gasteiger partial charge in [-0.2, -0.15) is 13.7 Å². The minimum Gasteiger partial charge on any atom is -0.494 e. The highest BCUT2D eigenvalue weighted by Crippen LogP contribution is 2.47. The molecule has 0 aliphatic carbocycles. The van der Waals surface area contributed by atoms with Crippen LogP contribution in [-0.2, 0) is 29.2 Å². The van der Waals surface area contributed by atoms with Crippen molar-refractivity contribution in [2.24, 2.45) is 5.73 Å². The van der Waals surface area contributed by atoms with Gasteiger partial charge < -0.3 is 19.9 Å². The second-order valence-corrected chi connectivity index (χ2v) is 8.95. The molecule has 0 aromatic heterocycles. The minimum absolute atomic E-state index is 0.252. The predicted molar refractivity (Wildman–Crippen MR) is 129 cm³/mol. The van der Waals surface area contributed by atoms with Crippen LogP contribution in [0.2, 0.25) is 0 Å². The number of benzene rings is 2. The van der Waals surface area contributed by atoms with Crippen LogP contribution in [0.15, 0.2) is 70.0 Å². The first-order chi connectivity index (χ1) is 17.9. The molecule has 1 aliphatic rings. The number of nitro benzene ring substituents is 1. The van der Waals surface area contributed by atoms with Gasteiger partial charge >= 0.3 is 22.1 Å². The molecule has 0 fully saturated rings. The monoisotopic (exact) mass is 544 g/mol. The topological polar surface area (TPSA) is 212 Å². The molecule has 0 spiro atoms. The number of rotatable bonds is 7. The van der Waals surface area contributed by atoms with Crippen molar-refractivity contribution < 1.29 is 41.7 Å². The lowest BCUT2D eigenvalue weighted by atomic mass is 9.81. The zero-order valence-electron chi connectivity index (χ0n) is 20.1. The third-order valence-corrected chi connectivity index (χ3v) is 6.47. The van der Waals surface area contributed by atoms with Gasteiger partial charge in [0.1, 0.15) is 17.3 Å². The largest absolute Gasteiger partial charge is 0.494 e. The van der Waals surface area contributed by atoms with E-state index in [0.717, 1.165) is 26.2 Å². The standard InChI is InChI=1S/C23H20N4O10S/c1-35-16-9-15(27(30)31)17(38(32,33)34)10-14(16)26-20(23(29)37-3)19(22(28)36-2)18(13(11-24)21(26)25)12-7-5-4-6-8-12/h4-10,18H,25H2,1-3H3,(H,32,33,34). The average molecular weight is 544 g/mol. The molecule has 2 aromatic carbocycles. The summed E-state index contributed by atoms with van der Waals surface area (Å²) >= 11 is 0. The summed E-state index contributed by atoms with van der Waals surface area (Å²) in [6, 6.07) is 11.3. The van der Waals surface area contributed by atoms with Crippen LogP contribution < -0.4 is 15.4 Å². The fraction of sp³-hybridized carbons (Fsp3) is 0.174. The number of nitrogens with zero attached hydrogens (tertiary/aromatic N) is 3. The third-order valence-electron chi connectivity index (χ3n) is 5.59. The first-order valence-corrected chi connectivity index (χ1v) is 11.9. The fourth-order valence-electron chi connectivity index (χ4n) is 3.99. The second-order valence-electron chi connectivity index (χ2n) is 7.56. The molecular weight excluding hydrogens is 524 g/mol. The quantitative estimate of drug-likeness (QED) is 0.220. The number of nitriles is 1. The van der Waals surface area contributed by atoms with E-state index < -0.39 is 72.0 Å². The van der Waals surface area contributed by atoms with E-state index in [1.54, 1.807) is 30.3 Å². The maximum atomic E-state index is 13.1. The number of carbonyl (C=O) groups excluding carboxylic acids is 2.